The summed E-state index contributed by atoms with van der Waals surface area (Å²) in [6, 6.07) is 0. The molecule has 3 aliphatic carbocycles. The molecule has 4 atom stereocenters. The second kappa shape index (κ2) is 1.79. The number of ether oxygens (including phenoxy) is 1. The van der Waals surface area contributed by atoms with Gasteiger partial charge in [-0.2, -0.15) is 0 Å². The van der Waals surface area contributed by atoms with E-state index in [2.05, 4.69) is 0 Å². The minimum atomic E-state index is 0.0993. The molecule has 3 saturated carbocycles. The summed E-state index contributed by atoms with van der Waals surface area (Å²) in [5.74, 6) is 1.81. The van der Waals surface area contributed by atoms with Gasteiger partial charge in [0, 0.05) is 5.92 Å². The molecule has 4 unspecified atom stereocenters. The van der Waals surface area contributed by atoms with E-state index in [1.165, 1.54) is 12.8 Å². The van der Waals surface area contributed by atoms with Gasteiger partial charge in [0.05, 0.1) is 5.92 Å². The molecule has 1 aliphatic heterocycles. The largest absolute Gasteiger partial charge is 0.462 e. The molecule has 2 nitrogen and oxygen atoms in total. The van der Waals surface area contributed by atoms with Crippen molar-refractivity contribution in [3.05, 3.63) is 0 Å². The lowest BCUT2D eigenvalue weighted by atomic mass is 9.65. The predicted molar refractivity (Wildman–Crippen MR) is 38.8 cm³/mol. The summed E-state index contributed by atoms with van der Waals surface area (Å²) in [6.07, 6.45) is 5.19. The normalized spacial score (nSPS) is 52.9. The highest BCUT2D eigenvalue weighted by atomic mass is 16.6. The number of rotatable bonds is 0. The van der Waals surface area contributed by atoms with Crippen LogP contribution >= 0.6 is 0 Å². The van der Waals surface area contributed by atoms with Crippen molar-refractivity contribution in [2.75, 3.05) is 0 Å². The molecule has 60 valence electrons. The van der Waals surface area contributed by atoms with Gasteiger partial charge in [0.1, 0.15) is 6.10 Å². The van der Waals surface area contributed by atoms with Gasteiger partial charge in [0.2, 0.25) is 0 Å². The smallest absolute Gasteiger partial charge is 0.309 e. The first kappa shape index (κ1) is 6.04. The summed E-state index contributed by atoms with van der Waals surface area (Å²) in [6.45, 7) is 0. The Bertz CT molecular complexity index is 212. The Morgan fingerprint density at radius 2 is 2.18 bits per heavy atom. The van der Waals surface area contributed by atoms with Crippen LogP contribution in [0.25, 0.3) is 0 Å². The maximum absolute atomic E-state index is 11.2. The lowest BCUT2D eigenvalue weighted by Gasteiger charge is -2.38. The van der Waals surface area contributed by atoms with Crippen LogP contribution in [0.1, 0.15) is 25.7 Å². The molecule has 0 aromatic heterocycles. The van der Waals surface area contributed by atoms with E-state index in [0.29, 0.717) is 17.9 Å². The fourth-order valence-corrected chi connectivity index (χ4v) is 3.09. The van der Waals surface area contributed by atoms with Crippen LogP contribution in [-0.2, 0) is 9.53 Å². The highest BCUT2D eigenvalue weighted by Gasteiger charge is 2.52. The molecular formula is C9H12O2. The van der Waals surface area contributed by atoms with Crippen molar-refractivity contribution in [1.82, 2.24) is 0 Å². The summed E-state index contributed by atoms with van der Waals surface area (Å²) in [7, 11) is 0. The van der Waals surface area contributed by atoms with Crippen LogP contribution in [0.15, 0.2) is 0 Å². The van der Waals surface area contributed by atoms with Gasteiger partial charge in [0.25, 0.3) is 0 Å². The second-order valence-corrected chi connectivity index (χ2v) is 4.16. The third-order valence-electron chi connectivity index (χ3n) is 3.63. The summed E-state index contributed by atoms with van der Waals surface area (Å²) < 4.78 is 5.28. The van der Waals surface area contributed by atoms with Crippen molar-refractivity contribution in [2.24, 2.45) is 17.8 Å². The standard InChI is InChI=1S/C9H12O2/c10-9-7-3-5-1-2-6(7)8(4-5)11-9/h5-8H,1-4H2. The van der Waals surface area contributed by atoms with Crippen molar-refractivity contribution in [2.45, 2.75) is 31.8 Å². The fourth-order valence-electron chi connectivity index (χ4n) is 3.09. The van der Waals surface area contributed by atoms with Crippen LogP contribution in [0, 0.1) is 17.8 Å². The molecule has 0 N–H and O–H groups in total. The van der Waals surface area contributed by atoms with Crippen molar-refractivity contribution in [3.8, 4) is 0 Å². The van der Waals surface area contributed by atoms with Crippen molar-refractivity contribution in [3.63, 3.8) is 0 Å². The number of hydrogen-bond donors (Lipinski definition) is 0. The lowest BCUT2D eigenvalue weighted by molar-refractivity contribution is -0.143. The highest BCUT2D eigenvalue weighted by Crippen LogP contribution is 2.50. The van der Waals surface area contributed by atoms with Gasteiger partial charge in [-0.15, -0.1) is 0 Å². The van der Waals surface area contributed by atoms with E-state index < -0.39 is 0 Å². The fraction of sp³-hybridized carbons (Fsp3) is 0.889. The highest BCUT2D eigenvalue weighted by molar-refractivity contribution is 5.75. The second-order valence-electron chi connectivity index (χ2n) is 4.16. The summed E-state index contributed by atoms with van der Waals surface area (Å²) in [5.41, 5.74) is 0. The van der Waals surface area contributed by atoms with E-state index >= 15 is 0 Å². The van der Waals surface area contributed by atoms with Crippen molar-refractivity contribution >= 4 is 5.97 Å². The molecule has 1 saturated heterocycles. The molecule has 4 bridgehead atoms. The van der Waals surface area contributed by atoms with E-state index in [1.807, 2.05) is 0 Å². The van der Waals surface area contributed by atoms with E-state index in [0.717, 1.165) is 18.8 Å². The maximum atomic E-state index is 11.2. The first-order valence-electron chi connectivity index (χ1n) is 4.55. The van der Waals surface area contributed by atoms with E-state index in [9.17, 15) is 4.79 Å². The van der Waals surface area contributed by atoms with Crippen LogP contribution in [0.4, 0.5) is 0 Å². The number of carbonyl (C=O) groups is 1. The molecule has 2 heteroatoms. The Labute approximate surface area is 65.9 Å². The first-order chi connectivity index (χ1) is 5.34. The van der Waals surface area contributed by atoms with Gasteiger partial charge < -0.3 is 4.74 Å². The monoisotopic (exact) mass is 152 g/mol. The quantitative estimate of drug-likeness (QED) is 0.490. The number of hydrogen-bond acceptors (Lipinski definition) is 2. The average molecular weight is 152 g/mol. The molecule has 0 spiro atoms. The topological polar surface area (TPSA) is 26.3 Å². The van der Waals surface area contributed by atoms with Crippen molar-refractivity contribution in [1.29, 1.82) is 0 Å². The Morgan fingerprint density at radius 3 is 2.82 bits per heavy atom. The zero-order valence-electron chi connectivity index (χ0n) is 6.45. The van der Waals surface area contributed by atoms with Crippen LogP contribution in [0.5, 0.6) is 0 Å². The Kier molecular flexibility index (Phi) is 0.984. The van der Waals surface area contributed by atoms with E-state index in [1.54, 1.807) is 0 Å². The molecule has 4 fully saturated rings. The molecule has 4 rings (SSSR count). The van der Waals surface area contributed by atoms with Gasteiger partial charge in [-0.1, -0.05) is 0 Å². The van der Waals surface area contributed by atoms with E-state index in [4.69, 9.17) is 4.74 Å². The van der Waals surface area contributed by atoms with Gasteiger partial charge >= 0.3 is 5.97 Å². The zero-order chi connectivity index (χ0) is 7.42. The SMILES string of the molecule is O=C1OC2CC3CCC2C1C3. The number of carbonyl (C=O) groups excluding carboxylic acids is 1. The Balaban J connectivity index is 1.99. The summed E-state index contributed by atoms with van der Waals surface area (Å²) >= 11 is 0. The molecule has 0 aromatic rings. The zero-order valence-corrected chi connectivity index (χ0v) is 6.45. The molecule has 0 amide bonds. The minimum Gasteiger partial charge on any atom is -0.462 e. The van der Waals surface area contributed by atoms with Gasteiger partial charge in [-0.25, -0.2) is 0 Å². The number of esters is 1. The average Bonchev–Trinajstić information content (AvgIpc) is 2.25. The molecule has 4 aliphatic rings. The molecule has 1 heterocycles. The third-order valence-corrected chi connectivity index (χ3v) is 3.63. The molecule has 11 heavy (non-hydrogen) atoms. The third kappa shape index (κ3) is 0.652. The number of fused-ring (bicyclic) bond motifs is 1. The Hall–Kier alpha value is -0.530. The first-order valence-corrected chi connectivity index (χ1v) is 4.55. The van der Waals surface area contributed by atoms with Crippen molar-refractivity contribution < 1.29 is 9.53 Å². The van der Waals surface area contributed by atoms with E-state index in [-0.39, 0.29) is 5.97 Å². The summed E-state index contributed by atoms with van der Waals surface area (Å²) in [4.78, 5) is 11.2. The Morgan fingerprint density at radius 1 is 1.27 bits per heavy atom. The van der Waals surface area contributed by atoms with Crippen LogP contribution < -0.4 is 0 Å². The van der Waals surface area contributed by atoms with Crippen LogP contribution in [-0.4, -0.2) is 12.1 Å². The van der Waals surface area contributed by atoms with Gasteiger partial charge in [0.15, 0.2) is 0 Å². The minimum absolute atomic E-state index is 0.0993. The predicted octanol–water partition coefficient (Wildman–Crippen LogP) is 1.35. The molecular weight excluding hydrogens is 140 g/mol. The van der Waals surface area contributed by atoms with Crippen LogP contribution in [0.2, 0.25) is 0 Å². The molecule has 0 radical (unpaired) electrons. The lowest BCUT2D eigenvalue weighted by Crippen LogP contribution is -2.36. The molecule has 0 aromatic carbocycles. The van der Waals surface area contributed by atoms with Gasteiger partial charge in [-0.3, -0.25) is 4.79 Å². The maximum Gasteiger partial charge on any atom is 0.309 e. The van der Waals surface area contributed by atoms with Crippen LogP contribution in [0.3, 0.4) is 0 Å². The summed E-state index contributed by atoms with van der Waals surface area (Å²) in [5, 5.41) is 0. The van der Waals surface area contributed by atoms with Gasteiger partial charge in [-0.05, 0) is 31.6 Å².